The molecule has 28 heavy (non-hydrogen) atoms. The van der Waals surface area contributed by atoms with Gasteiger partial charge in [0.1, 0.15) is 11.5 Å². The number of rotatable bonds is 9. The summed E-state index contributed by atoms with van der Waals surface area (Å²) in [5.74, 6) is 0.685. The monoisotopic (exact) mass is 406 g/mol. The Morgan fingerprint density at radius 3 is 2.36 bits per heavy atom. The van der Waals surface area contributed by atoms with Crippen LogP contribution in [-0.2, 0) is 10.0 Å². The van der Waals surface area contributed by atoms with E-state index in [9.17, 15) is 13.2 Å². The zero-order chi connectivity index (χ0) is 20.7. The molecule has 0 fully saturated rings. The Kier molecular flexibility index (Phi) is 7.42. The van der Waals surface area contributed by atoms with E-state index in [1.54, 1.807) is 24.3 Å². The maximum atomic E-state index is 12.6. The molecule has 1 amide bonds. The summed E-state index contributed by atoms with van der Waals surface area (Å²) < 4.78 is 36.6. The zero-order valence-electron chi connectivity index (χ0n) is 16.6. The lowest BCUT2D eigenvalue weighted by Crippen LogP contribution is -2.22. The van der Waals surface area contributed by atoms with Gasteiger partial charge < -0.3 is 14.8 Å². The van der Waals surface area contributed by atoms with E-state index in [2.05, 4.69) is 12.2 Å². The van der Waals surface area contributed by atoms with Crippen LogP contribution >= 0.6 is 0 Å². The van der Waals surface area contributed by atoms with E-state index in [4.69, 9.17) is 9.47 Å². The van der Waals surface area contributed by atoms with Crippen LogP contribution in [0.5, 0.6) is 11.5 Å². The number of unbranched alkanes of at least 4 members (excludes halogenated alkanes) is 1. The van der Waals surface area contributed by atoms with Crippen LogP contribution in [0.1, 0.15) is 30.1 Å². The van der Waals surface area contributed by atoms with Crippen molar-refractivity contribution in [2.75, 3.05) is 33.1 Å². The summed E-state index contributed by atoms with van der Waals surface area (Å²) in [5.41, 5.74) is 0.699. The van der Waals surface area contributed by atoms with Crippen molar-refractivity contribution in [2.45, 2.75) is 24.7 Å². The molecule has 1 N–H and O–H groups in total. The highest BCUT2D eigenvalue weighted by Gasteiger charge is 2.20. The lowest BCUT2D eigenvalue weighted by Gasteiger charge is -2.15. The second-order valence-electron chi connectivity index (χ2n) is 6.33. The van der Waals surface area contributed by atoms with Crippen LogP contribution in [0.2, 0.25) is 0 Å². The standard InChI is InChI=1S/C20H26N2O5S/c1-5-6-13-27-16-9-7-15(8-10-16)20(23)21-18-14-17(11-12-19(18)26-4)28(24,25)22(2)3/h7-12,14H,5-6,13H2,1-4H3,(H,21,23). The fourth-order valence-electron chi connectivity index (χ4n) is 2.39. The second-order valence-corrected chi connectivity index (χ2v) is 8.48. The quantitative estimate of drug-likeness (QED) is 0.646. The Morgan fingerprint density at radius 2 is 1.79 bits per heavy atom. The number of amides is 1. The molecule has 0 atom stereocenters. The van der Waals surface area contributed by atoms with Gasteiger partial charge in [-0.25, -0.2) is 12.7 Å². The van der Waals surface area contributed by atoms with Crippen molar-refractivity contribution in [3.8, 4) is 11.5 Å². The third-order valence-corrected chi connectivity index (χ3v) is 5.89. The van der Waals surface area contributed by atoms with E-state index in [0.29, 0.717) is 23.7 Å². The molecule has 0 unspecified atom stereocenters. The Hall–Kier alpha value is -2.58. The van der Waals surface area contributed by atoms with Gasteiger partial charge in [-0.1, -0.05) is 13.3 Å². The molecule has 0 aliphatic carbocycles. The largest absolute Gasteiger partial charge is 0.495 e. The van der Waals surface area contributed by atoms with Crippen molar-refractivity contribution in [1.29, 1.82) is 0 Å². The molecule has 0 aromatic heterocycles. The topological polar surface area (TPSA) is 84.9 Å². The third kappa shape index (κ3) is 5.24. The van der Waals surface area contributed by atoms with Gasteiger partial charge in [0.2, 0.25) is 10.0 Å². The second kappa shape index (κ2) is 9.57. The summed E-state index contributed by atoms with van der Waals surface area (Å²) >= 11 is 0. The van der Waals surface area contributed by atoms with E-state index in [-0.39, 0.29) is 16.5 Å². The van der Waals surface area contributed by atoms with E-state index in [1.165, 1.54) is 39.4 Å². The number of hydrogen-bond acceptors (Lipinski definition) is 5. The average Bonchev–Trinajstić information content (AvgIpc) is 2.68. The summed E-state index contributed by atoms with van der Waals surface area (Å²) in [5, 5.41) is 2.71. The number of carbonyl (C=O) groups is 1. The van der Waals surface area contributed by atoms with Crippen LogP contribution < -0.4 is 14.8 Å². The molecule has 152 valence electrons. The normalized spacial score (nSPS) is 11.3. The molecule has 0 radical (unpaired) electrons. The smallest absolute Gasteiger partial charge is 0.255 e. The predicted octanol–water partition coefficient (Wildman–Crippen LogP) is 3.38. The van der Waals surface area contributed by atoms with E-state index < -0.39 is 10.0 Å². The summed E-state index contributed by atoms with van der Waals surface area (Å²) in [6.07, 6.45) is 2.01. The molecule has 8 heteroatoms. The first-order chi connectivity index (χ1) is 13.3. The molecule has 0 saturated heterocycles. The SMILES string of the molecule is CCCCOc1ccc(C(=O)Nc2cc(S(=O)(=O)N(C)C)ccc2OC)cc1. The van der Waals surface area contributed by atoms with Gasteiger partial charge in [-0.05, 0) is 48.9 Å². The molecule has 0 aliphatic rings. The first-order valence-corrected chi connectivity index (χ1v) is 10.4. The van der Waals surface area contributed by atoms with Crippen molar-refractivity contribution in [3.05, 3.63) is 48.0 Å². The van der Waals surface area contributed by atoms with Gasteiger partial charge in [0.05, 0.1) is 24.3 Å². The van der Waals surface area contributed by atoms with Crippen LogP contribution in [0.25, 0.3) is 0 Å². The van der Waals surface area contributed by atoms with Crippen molar-refractivity contribution < 1.29 is 22.7 Å². The average molecular weight is 407 g/mol. The Morgan fingerprint density at radius 1 is 1.11 bits per heavy atom. The molecular weight excluding hydrogens is 380 g/mol. The lowest BCUT2D eigenvalue weighted by molar-refractivity contribution is 0.102. The number of sulfonamides is 1. The van der Waals surface area contributed by atoms with Crippen LogP contribution in [0.3, 0.4) is 0 Å². The maximum Gasteiger partial charge on any atom is 0.255 e. The van der Waals surface area contributed by atoms with Gasteiger partial charge in [-0.2, -0.15) is 0 Å². The van der Waals surface area contributed by atoms with E-state index in [1.807, 2.05) is 0 Å². The van der Waals surface area contributed by atoms with Crippen LogP contribution in [0.15, 0.2) is 47.4 Å². The van der Waals surface area contributed by atoms with Crippen LogP contribution in [0.4, 0.5) is 5.69 Å². The minimum atomic E-state index is -3.63. The lowest BCUT2D eigenvalue weighted by atomic mass is 10.2. The van der Waals surface area contributed by atoms with Gasteiger partial charge in [0.15, 0.2) is 0 Å². The molecule has 0 bridgehead atoms. The van der Waals surface area contributed by atoms with Crippen molar-refractivity contribution in [1.82, 2.24) is 4.31 Å². The molecular formula is C20H26N2O5S. The highest BCUT2D eigenvalue weighted by molar-refractivity contribution is 7.89. The number of nitrogens with zero attached hydrogens (tertiary/aromatic N) is 1. The van der Waals surface area contributed by atoms with Crippen molar-refractivity contribution >= 4 is 21.6 Å². The van der Waals surface area contributed by atoms with Crippen LogP contribution in [0, 0.1) is 0 Å². The van der Waals surface area contributed by atoms with Gasteiger partial charge >= 0.3 is 0 Å². The number of anilines is 1. The molecule has 2 aromatic rings. The Balaban J connectivity index is 2.20. The van der Waals surface area contributed by atoms with E-state index >= 15 is 0 Å². The summed E-state index contributed by atoms with van der Waals surface area (Å²) in [6.45, 7) is 2.72. The first kappa shape index (κ1) is 21.7. The van der Waals surface area contributed by atoms with Gasteiger partial charge in [0, 0.05) is 19.7 Å². The first-order valence-electron chi connectivity index (χ1n) is 8.94. The summed E-state index contributed by atoms with van der Waals surface area (Å²) in [7, 11) is 0.713. The zero-order valence-corrected chi connectivity index (χ0v) is 17.4. The summed E-state index contributed by atoms with van der Waals surface area (Å²) in [6, 6.07) is 11.1. The number of benzene rings is 2. The van der Waals surface area contributed by atoms with Crippen molar-refractivity contribution in [3.63, 3.8) is 0 Å². The van der Waals surface area contributed by atoms with E-state index in [0.717, 1.165) is 17.1 Å². The maximum absolute atomic E-state index is 12.6. The fraction of sp³-hybridized carbons (Fsp3) is 0.350. The molecule has 0 heterocycles. The minimum Gasteiger partial charge on any atom is -0.495 e. The van der Waals surface area contributed by atoms with Gasteiger partial charge in [-0.3, -0.25) is 4.79 Å². The Labute approximate surface area is 166 Å². The predicted molar refractivity (Wildman–Crippen MR) is 109 cm³/mol. The molecule has 2 rings (SSSR count). The highest BCUT2D eigenvalue weighted by Crippen LogP contribution is 2.29. The van der Waals surface area contributed by atoms with Gasteiger partial charge in [0.25, 0.3) is 5.91 Å². The van der Waals surface area contributed by atoms with Crippen molar-refractivity contribution in [2.24, 2.45) is 0 Å². The number of carbonyl (C=O) groups excluding carboxylic acids is 1. The number of ether oxygens (including phenoxy) is 2. The molecule has 0 aliphatic heterocycles. The van der Waals surface area contributed by atoms with Gasteiger partial charge in [-0.15, -0.1) is 0 Å². The number of nitrogens with one attached hydrogen (secondary N) is 1. The highest BCUT2D eigenvalue weighted by atomic mass is 32.2. The number of hydrogen-bond donors (Lipinski definition) is 1. The molecule has 2 aromatic carbocycles. The molecule has 0 saturated carbocycles. The molecule has 7 nitrogen and oxygen atoms in total. The number of methoxy groups -OCH3 is 1. The third-order valence-electron chi connectivity index (χ3n) is 4.08. The summed E-state index contributed by atoms with van der Waals surface area (Å²) in [4.78, 5) is 12.6. The van der Waals surface area contributed by atoms with Crippen LogP contribution in [-0.4, -0.2) is 46.4 Å². The Bertz CT molecular complexity index is 909. The minimum absolute atomic E-state index is 0.0632. The fourth-order valence-corrected chi connectivity index (χ4v) is 3.32. The molecule has 0 spiro atoms.